The summed E-state index contributed by atoms with van der Waals surface area (Å²) in [5, 5.41) is 5.81. The average molecular weight is 362 g/mol. The van der Waals surface area contributed by atoms with Gasteiger partial charge in [0.05, 0.1) is 25.1 Å². The fourth-order valence-corrected chi connectivity index (χ4v) is 2.42. The molecule has 0 radical (unpaired) electrons. The predicted octanol–water partition coefficient (Wildman–Crippen LogP) is 3.57. The lowest BCUT2D eigenvalue weighted by atomic mass is 10.2. The molecule has 2 N–H and O–H groups in total. The van der Waals surface area contributed by atoms with Crippen LogP contribution in [-0.2, 0) is 4.74 Å². The van der Waals surface area contributed by atoms with Crippen LogP contribution < -0.4 is 10.6 Å². The minimum atomic E-state index is -0.475. The first-order chi connectivity index (χ1) is 13.0. The van der Waals surface area contributed by atoms with Gasteiger partial charge in [-0.15, -0.1) is 0 Å². The number of aromatic nitrogens is 2. The second kappa shape index (κ2) is 8.09. The van der Waals surface area contributed by atoms with Gasteiger partial charge in [0, 0.05) is 11.4 Å². The van der Waals surface area contributed by atoms with Gasteiger partial charge in [0.2, 0.25) is 0 Å². The lowest BCUT2D eigenvalue weighted by Gasteiger charge is -2.08. The van der Waals surface area contributed by atoms with E-state index < -0.39 is 11.9 Å². The number of nitrogens with zero attached hydrogens (tertiary/aromatic N) is 2. The van der Waals surface area contributed by atoms with Crippen LogP contribution in [0, 0.1) is 6.92 Å². The smallest absolute Gasteiger partial charge is 0.337 e. The molecule has 3 aromatic rings. The van der Waals surface area contributed by atoms with E-state index in [0.717, 1.165) is 11.3 Å². The van der Waals surface area contributed by atoms with Crippen molar-refractivity contribution >= 4 is 29.1 Å². The molecule has 0 atom stereocenters. The van der Waals surface area contributed by atoms with Gasteiger partial charge in [-0.1, -0.05) is 18.2 Å². The number of benzene rings is 2. The van der Waals surface area contributed by atoms with Crippen LogP contribution in [0.15, 0.2) is 60.9 Å². The summed E-state index contributed by atoms with van der Waals surface area (Å²) in [7, 11) is 1.30. The molecule has 1 aromatic heterocycles. The topological polar surface area (TPSA) is 93.2 Å². The van der Waals surface area contributed by atoms with Crippen LogP contribution in [0.4, 0.5) is 17.2 Å². The number of amides is 1. The zero-order valence-electron chi connectivity index (χ0n) is 14.9. The number of hydrogen-bond donors (Lipinski definition) is 2. The quantitative estimate of drug-likeness (QED) is 0.674. The maximum atomic E-state index is 12.3. The van der Waals surface area contributed by atoms with Gasteiger partial charge >= 0.3 is 5.97 Å². The molecule has 1 amide bonds. The van der Waals surface area contributed by atoms with E-state index in [9.17, 15) is 9.59 Å². The third-order valence-electron chi connectivity index (χ3n) is 3.72. The molecule has 0 saturated carbocycles. The molecule has 1 heterocycles. The Kier molecular flexibility index (Phi) is 5.41. The van der Waals surface area contributed by atoms with Gasteiger partial charge in [-0.25, -0.2) is 14.8 Å². The molecule has 136 valence electrons. The Morgan fingerprint density at radius 2 is 1.74 bits per heavy atom. The maximum Gasteiger partial charge on any atom is 0.337 e. The largest absolute Gasteiger partial charge is 0.465 e. The predicted molar refractivity (Wildman–Crippen MR) is 102 cm³/mol. The number of aryl methyl sites for hydroxylation is 1. The van der Waals surface area contributed by atoms with Gasteiger partial charge in [-0.05, 0) is 42.8 Å². The third kappa shape index (κ3) is 4.66. The Bertz CT molecular complexity index is 971. The molecule has 0 aliphatic heterocycles. The molecular weight excluding hydrogens is 344 g/mol. The van der Waals surface area contributed by atoms with E-state index in [4.69, 9.17) is 0 Å². The van der Waals surface area contributed by atoms with Gasteiger partial charge in [0.25, 0.3) is 5.91 Å². The second-order valence-corrected chi connectivity index (χ2v) is 5.81. The highest BCUT2D eigenvalue weighted by atomic mass is 16.5. The molecule has 0 aliphatic rings. The van der Waals surface area contributed by atoms with Gasteiger partial charge < -0.3 is 15.4 Å². The molecule has 0 unspecified atom stereocenters. The summed E-state index contributed by atoms with van der Waals surface area (Å²) in [5.74, 6) is -0.367. The van der Waals surface area contributed by atoms with Crippen molar-refractivity contribution in [2.45, 2.75) is 6.92 Å². The van der Waals surface area contributed by atoms with Crippen LogP contribution in [0.2, 0.25) is 0 Å². The van der Waals surface area contributed by atoms with Gasteiger partial charge in [0.1, 0.15) is 11.5 Å². The van der Waals surface area contributed by atoms with Gasteiger partial charge in [-0.2, -0.15) is 0 Å². The van der Waals surface area contributed by atoms with E-state index in [0.29, 0.717) is 17.1 Å². The highest BCUT2D eigenvalue weighted by Gasteiger charge is 2.11. The monoisotopic (exact) mass is 362 g/mol. The Morgan fingerprint density at radius 1 is 0.963 bits per heavy atom. The van der Waals surface area contributed by atoms with E-state index in [1.165, 1.54) is 25.6 Å². The van der Waals surface area contributed by atoms with E-state index in [1.807, 2.05) is 31.2 Å². The zero-order valence-corrected chi connectivity index (χ0v) is 14.9. The summed E-state index contributed by atoms with van der Waals surface area (Å²) in [6.07, 6.45) is 2.87. The Balaban J connectivity index is 1.68. The fourth-order valence-electron chi connectivity index (χ4n) is 2.42. The summed E-state index contributed by atoms with van der Waals surface area (Å²) in [6, 6.07) is 14.3. The zero-order chi connectivity index (χ0) is 19.2. The van der Waals surface area contributed by atoms with Crippen LogP contribution in [0.1, 0.15) is 26.4 Å². The van der Waals surface area contributed by atoms with E-state index in [1.54, 1.807) is 18.2 Å². The number of nitrogens with one attached hydrogen (secondary N) is 2. The van der Waals surface area contributed by atoms with Crippen LogP contribution in [0.3, 0.4) is 0 Å². The minimum absolute atomic E-state index is 0.160. The van der Waals surface area contributed by atoms with Crippen molar-refractivity contribution in [1.29, 1.82) is 0 Å². The normalized spacial score (nSPS) is 10.1. The van der Waals surface area contributed by atoms with Crippen LogP contribution >= 0.6 is 0 Å². The van der Waals surface area contributed by atoms with Crippen molar-refractivity contribution in [1.82, 2.24) is 9.97 Å². The number of carbonyl (C=O) groups is 2. The van der Waals surface area contributed by atoms with Crippen molar-refractivity contribution in [3.05, 3.63) is 77.7 Å². The summed E-state index contributed by atoms with van der Waals surface area (Å²) in [6.45, 7) is 2.00. The van der Waals surface area contributed by atoms with Crippen LogP contribution in [0.25, 0.3) is 0 Å². The fraction of sp³-hybridized carbons (Fsp3) is 0.100. The van der Waals surface area contributed by atoms with Crippen molar-refractivity contribution in [3.63, 3.8) is 0 Å². The van der Waals surface area contributed by atoms with Crippen molar-refractivity contribution < 1.29 is 14.3 Å². The number of anilines is 3. The Labute approximate surface area is 156 Å². The van der Waals surface area contributed by atoms with E-state index in [-0.39, 0.29) is 5.69 Å². The van der Waals surface area contributed by atoms with Crippen LogP contribution in [-0.4, -0.2) is 29.0 Å². The number of hydrogen-bond acceptors (Lipinski definition) is 6. The Hall–Kier alpha value is -3.74. The molecule has 0 saturated heterocycles. The molecule has 0 spiro atoms. The molecule has 3 rings (SSSR count). The number of rotatable bonds is 5. The van der Waals surface area contributed by atoms with Gasteiger partial charge in [0.15, 0.2) is 0 Å². The first-order valence-corrected chi connectivity index (χ1v) is 8.20. The molecule has 2 aromatic carbocycles. The summed E-state index contributed by atoms with van der Waals surface area (Å²) >= 11 is 0. The lowest BCUT2D eigenvalue weighted by molar-refractivity contribution is 0.0600. The lowest BCUT2D eigenvalue weighted by Crippen LogP contribution is -2.14. The molecule has 0 fully saturated rings. The molecule has 27 heavy (non-hydrogen) atoms. The maximum absolute atomic E-state index is 12.3. The number of carbonyl (C=O) groups excluding carboxylic acids is 2. The van der Waals surface area contributed by atoms with Crippen molar-refractivity contribution in [3.8, 4) is 0 Å². The summed E-state index contributed by atoms with van der Waals surface area (Å²) in [5.41, 5.74) is 2.98. The molecule has 0 aliphatic carbocycles. The molecule has 0 bridgehead atoms. The molecule has 7 nitrogen and oxygen atoms in total. The highest BCUT2D eigenvalue weighted by Crippen LogP contribution is 2.16. The number of esters is 1. The minimum Gasteiger partial charge on any atom is -0.465 e. The summed E-state index contributed by atoms with van der Waals surface area (Å²) in [4.78, 5) is 32.2. The van der Waals surface area contributed by atoms with E-state index in [2.05, 4.69) is 25.3 Å². The second-order valence-electron chi connectivity index (χ2n) is 5.81. The van der Waals surface area contributed by atoms with E-state index >= 15 is 0 Å². The number of ether oxygens (including phenoxy) is 1. The first kappa shape index (κ1) is 18.1. The third-order valence-corrected chi connectivity index (χ3v) is 3.72. The summed E-state index contributed by atoms with van der Waals surface area (Å²) < 4.78 is 4.67. The average Bonchev–Trinajstić information content (AvgIpc) is 2.68. The first-order valence-electron chi connectivity index (χ1n) is 8.20. The molecular formula is C20H18N4O3. The SMILES string of the molecule is COC(=O)c1cccc(NC(=O)c2cnc(Nc3cccc(C)c3)cn2)c1. The highest BCUT2D eigenvalue weighted by molar-refractivity contribution is 6.03. The number of methoxy groups -OCH3 is 1. The van der Waals surface area contributed by atoms with Crippen molar-refractivity contribution in [2.75, 3.05) is 17.7 Å². The molecule has 7 heteroatoms. The van der Waals surface area contributed by atoms with Crippen molar-refractivity contribution in [2.24, 2.45) is 0 Å². The Morgan fingerprint density at radius 3 is 2.44 bits per heavy atom. The standard InChI is InChI=1S/C20H18N4O3/c1-13-5-3-7-15(9-13)23-18-12-21-17(11-22-18)19(25)24-16-8-4-6-14(10-16)20(26)27-2/h3-12H,1-2H3,(H,22,23)(H,24,25). The van der Waals surface area contributed by atoms with Gasteiger partial charge in [-0.3, -0.25) is 4.79 Å². The van der Waals surface area contributed by atoms with Crippen LogP contribution in [0.5, 0.6) is 0 Å².